The molecular formula is C32H44N8O10S2. The van der Waals surface area contributed by atoms with Crippen molar-refractivity contribution >= 4 is 56.2 Å². The van der Waals surface area contributed by atoms with Gasteiger partial charge in [0.1, 0.15) is 23.3 Å². The Morgan fingerprint density at radius 3 is 2.40 bits per heavy atom. The number of nitrogen functional groups attached to an aromatic ring is 1. The summed E-state index contributed by atoms with van der Waals surface area (Å²) in [5.74, 6) is -2.33. The summed E-state index contributed by atoms with van der Waals surface area (Å²) in [6.07, 6.45) is 3.31. The average Bonchev–Trinajstić information content (AvgIpc) is 3.50. The molecule has 2 aliphatic heterocycles. The first-order valence-corrected chi connectivity index (χ1v) is 18.8. The smallest absolute Gasteiger partial charge is 0.418 e. The Hall–Kier alpha value is -4.37. The van der Waals surface area contributed by atoms with Crippen molar-refractivity contribution in [3.05, 3.63) is 40.4 Å². The number of carboxylic acids is 1. The second-order valence-corrected chi connectivity index (χ2v) is 16.5. The van der Waals surface area contributed by atoms with Gasteiger partial charge in [0.05, 0.1) is 5.54 Å². The van der Waals surface area contributed by atoms with E-state index < -0.39 is 57.2 Å². The van der Waals surface area contributed by atoms with Gasteiger partial charge in [0.2, 0.25) is 0 Å². The molecule has 0 bridgehead atoms. The summed E-state index contributed by atoms with van der Waals surface area (Å²) in [5.41, 5.74) is 9.12. The van der Waals surface area contributed by atoms with Crippen molar-refractivity contribution in [3.63, 3.8) is 0 Å². The molecule has 1 saturated heterocycles. The van der Waals surface area contributed by atoms with Gasteiger partial charge in [-0.15, -0.1) is 15.6 Å². The third-order valence-electron chi connectivity index (χ3n) is 9.89. The van der Waals surface area contributed by atoms with Crippen molar-refractivity contribution in [1.29, 1.82) is 5.41 Å². The first kappa shape index (κ1) is 38.9. The Balaban J connectivity index is 1.29. The summed E-state index contributed by atoms with van der Waals surface area (Å²) in [5, 5.41) is 30.5. The number of carbonyl (C=O) groups excluding carboxylic acids is 2. The number of carboxylic acid groups (broad SMARTS) is 1. The number of oxime groups is 1. The third-order valence-corrected chi connectivity index (χ3v) is 10.9. The van der Waals surface area contributed by atoms with Crippen LogP contribution in [-0.2, 0) is 40.3 Å². The molecule has 284 valence electrons. The number of aromatic nitrogens is 1. The lowest BCUT2D eigenvalue weighted by Crippen LogP contribution is -2.76. The van der Waals surface area contributed by atoms with E-state index in [0.717, 1.165) is 42.6 Å². The van der Waals surface area contributed by atoms with E-state index in [1.807, 2.05) is 19.9 Å². The van der Waals surface area contributed by atoms with E-state index in [4.69, 9.17) is 31.0 Å². The maximum atomic E-state index is 13.5. The number of hydrogen-bond donors (Lipinski definition) is 7. The van der Waals surface area contributed by atoms with Crippen LogP contribution >= 0.6 is 11.3 Å². The Morgan fingerprint density at radius 2 is 1.85 bits per heavy atom. The van der Waals surface area contributed by atoms with Crippen LogP contribution in [0.3, 0.4) is 0 Å². The van der Waals surface area contributed by atoms with Gasteiger partial charge >= 0.3 is 16.4 Å². The summed E-state index contributed by atoms with van der Waals surface area (Å²) < 4.78 is 41.8. The van der Waals surface area contributed by atoms with E-state index in [0.29, 0.717) is 28.7 Å². The summed E-state index contributed by atoms with van der Waals surface area (Å²) in [6.45, 7) is 8.09. The molecule has 1 aromatic carbocycles. The maximum absolute atomic E-state index is 13.5. The molecule has 1 saturated carbocycles. The molecular weight excluding hydrogens is 721 g/mol. The van der Waals surface area contributed by atoms with Crippen molar-refractivity contribution in [3.8, 4) is 5.75 Å². The lowest BCUT2D eigenvalue weighted by atomic mass is 9.76. The van der Waals surface area contributed by atoms with Crippen LogP contribution in [-0.4, -0.2) is 92.3 Å². The van der Waals surface area contributed by atoms with E-state index >= 15 is 0 Å². The number of anilines is 1. The molecule has 2 fully saturated rings. The number of nitrogens with zero attached hydrogens (tertiary/aromatic N) is 3. The maximum Gasteiger partial charge on any atom is 0.418 e. The van der Waals surface area contributed by atoms with Crippen molar-refractivity contribution in [2.45, 2.75) is 108 Å². The highest BCUT2D eigenvalue weighted by atomic mass is 32.3. The first-order valence-electron chi connectivity index (χ1n) is 16.6. The Kier molecular flexibility index (Phi) is 10.6. The van der Waals surface area contributed by atoms with Crippen LogP contribution in [0.2, 0.25) is 0 Å². The van der Waals surface area contributed by atoms with Gasteiger partial charge in [-0.3, -0.25) is 19.6 Å². The largest absolute Gasteiger partial charge is 0.485 e. The molecule has 52 heavy (non-hydrogen) atoms. The number of aliphatic carboxylic acids is 1. The molecule has 0 unspecified atom stereocenters. The lowest BCUT2D eigenvalue weighted by molar-refractivity contribution is -0.218. The number of hydrogen-bond acceptors (Lipinski definition) is 14. The summed E-state index contributed by atoms with van der Waals surface area (Å²) in [6, 6.07) is 4.07. The number of aryl methyl sites for hydroxylation is 1. The van der Waals surface area contributed by atoms with Gasteiger partial charge in [0.25, 0.3) is 17.4 Å². The minimum Gasteiger partial charge on any atom is -0.485 e. The lowest BCUT2D eigenvalue weighted by Gasteiger charge is -2.50. The van der Waals surface area contributed by atoms with Gasteiger partial charge in [-0.05, 0) is 103 Å². The van der Waals surface area contributed by atoms with E-state index in [2.05, 4.69) is 25.1 Å². The van der Waals surface area contributed by atoms with Crippen LogP contribution in [0.4, 0.5) is 5.13 Å². The van der Waals surface area contributed by atoms with Gasteiger partial charge in [-0.1, -0.05) is 5.16 Å². The molecule has 2 aromatic rings. The molecule has 9 N–H and O–H groups in total. The zero-order chi connectivity index (χ0) is 38.4. The average molecular weight is 765 g/mol. The Morgan fingerprint density at radius 1 is 1.17 bits per heavy atom. The summed E-state index contributed by atoms with van der Waals surface area (Å²) >= 11 is 0.965. The molecule has 2 amide bonds. The third kappa shape index (κ3) is 8.15. The van der Waals surface area contributed by atoms with Gasteiger partial charge in [0, 0.05) is 22.5 Å². The first-order chi connectivity index (χ1) is 24.1. The number of hydroxylamine groups is 2. The van der Waals surface area contributed by atoms with Crippen LogP contribution in [0.1, 0.15) is 83.5 Å². The van der Waals surface area contributed by atoms with Crippen molar-refractivity contribution in [1.82, 2.24) is 20.7 Å². The molecule has 3 heterocycles. The van der Waals surface area contributed by atoms with Gasteiger partial charge in [-0.2, -0.15) is 13.5 Å². The Bertz CT molecular complexity index is 1880. The topological polar surface area (TPSA) is 282 Å². The van der Waals surface area contributed by atoms with E-state index in [1.165, 1.54) is 26.2 Å². The second kappa shape index (κ2) is 14.2. The Labute approximate surface area is 304 Å². The number of amides is 2. The number of rotatable bonds is 12. The predicted octanol–water partition coefficient (Wildman–Crippen LogP) is 1.73. The molecule has 1 aliphatic carbocycles. The van der Waals surface area contributed by atoms with E-state index in [9.17, 15) is 27.9 Å². The fourth-order valence-corrected chi connectivity index (χ4v) is 7.60. The highest BCUT2D eigenvalue weighted by molar-refractivity contribution is 7.80. The fourth-order valence-electron chi connectivity index (χ4n) is 6.60. The van der Waals surface area contributed by atoms with Gasteiger partial charge in [-0.25, -0.2) is 9.78 Å². The van der Waals surface area contributed by atoms with Crippen LogP contribution in [0.25, 0.3) is 0 Å². The molecule has 18 nitrogen and oxygen atoms in total. The summed E-state index contributed by atoms with van der Waals surface area (Å²) in [7, 11) is -5.03. The van der Waals surface area contributed by atoms with Crippen molar-refractivity contribution in [2.24, 2.45) is 16.8 Å². The van der Waals surface area contributed by atoms with E-state index in [-0.39, 0.29) is 34.7 Å². The molecule has 20 heteroatoms. The van der Waals surface area contributed by atoms with Gasteiger partial charge in [0.15, 0.2) is 16.9 Å². The van der Waals surface area contributed by atoms with Crippen LogP contribution in [0.5, 0.6) is 5.75 Å². The zero-order valence-electron chi connectivity index (χ0n) is 29.3. The molecule has 1 aromatic heterocycles. The number of β-lactam (4-membered cyclic amide) rings is 1. The van der Waals surface area contributed by atoms with Crippen LogP contribution in [0, 0.1) is 11.3 Å². The number of nitrogens with two attached hydrogens (primary N) is 2. The normalized spacial score (nSPS) is 24.4. The van der Waals surface area contributed by atoms with Crippen molar-refractivity contribution in [2.75, 3.05) is 5.73 Å². The number of carbonyl (C=O) groups is 3. The highest BCUT2D eigenvalue weighted by Crippen LogP contribution is 2.36. The molecule has 5 rings (SSSR count). The number of fused-ring (bicyclic) bond motifs is 1. The van der Waals surface area contributed by atoms with Crippen LogP contribution in [0.15, 0.2) is 28.7 Å². The predicted molar refractivity (Wildman–Crippen MR) is 189 cm³/mol. The van der Waals surface area contributed by atoms with Crippen molar-refractivity contribution < 1.29 is 46.3 Å². The monoisotopic (exact) mass is 764 g/mol. The fraction of sp³-hybridized carbons (Fsp3) is 0.562. The van der Waals surface area contributed by atoms with Crippen LogP contribution < -0.4 is 26.8 Å². The second-order valence-electron chi connectivity index (χ2n) is 14.6. The molecule has 3 aliphatic rings. The number of amidine groups is 1. The zero-order valence-corrected chi connectivity index (χ0v) is 31.0. The molecule has 3 atom stereocenters. The quantitative estimate of drug-likeness (QED) is 0.0533. The van der Waals surface area contributed by atoms with E-state index in [1.54, 1.807) is 12.1 Å². The number of benzene rings is 1. The highest BCUT2D eigenvalue weighted by Gasteiger charge is 2.58. The number of thiazole rings is 1. The number of nitrogens with one attached hydrogen (secondary N) is 3. The minimum absolute atomic E-state index is 0.0576. The SMILES string of the molecule is CC1(C)[C@H](NC(=O)/C(=N\O[C@](C)(C(=O)O)[C@H]2CCc3cc(C(=N)N[C@H]4CC[C@@H](C(C)(C)N)CC4)ccc3O2)c2csc(N)n2)C(=O)N1OS(=O)(=O)O. The number of ether oxygens (including phenoxy) is 1. The molecule has 0 spiro atoms. The minimum atomic E-state index is -5.03. The standard InChI is InChI=1S/C32H44N8O10S2/c1-30(2,35)18-8-10-19(11-9-18)36-25(33)17-6-12-21-16(14-17)7-13-22(48-21)32(5,28(43)44)49-39-23(20-15-51-29(34)37-20)26(41)38-24-27(42)40(31(24,3)4)50-52(45,46)47/h6,12,14-15,18-19,22,24H,7-11,13,35H2,1-5H3,(H2,33,36)(H2,34,37)(H,38,41)(H,43,44)(H,45,46,47)/b39-23-/t18-,19+,22-,24-,32+/m1/s1. The van der Waals surface area contributed by atoms with Gasteiger partial charge < -0.3 is 36.8 Å². The molecule has 0 radical (unpaired) electrons. The summed E-state index contributed by atoms with van der Waals surface area (Å²) in [4.78, 5) is 48.5.